The van der Waals surface area contributed by atoms with E-state index < -0.39 is 12.1 Å². The zero-order chi connectivity index (χ0) is 19.4. The van der Waals surface area contributed by atoms with E-state index in [9.17, 15) is 9.59 Å². The maximum absolute atomic E-state index is 12.6. The molecule has 0 aliphatic rings. The van der Waals surface area contributed by atoms with Crippen LogP contribution in [0.5, 0.6) is 0 Å². The van der Waals surface area contributed by atoms with Crippen molar-refractivity contribution in [3.05, 3.63) is 83.7 Å². The van der Waals surface area contributed by atoms with E-state index in [2.05, 4.69) is 5.10 Å². The number of hydrogen-bond donors (Lipinski definition) is 0. The van der Waals surface area contributed by atoms with Gasteiger partial charge in [-0.1, -0.05) is 30.3 Å². The molecule has 6 heteroatoms. The number of carbonyl (C=O) groups excluding carboxylic acids is 2. The lowest BCUT2D eigenvalue weighted by molar-refractivity contribution is -0.138. The fraction of sp³-hybridized carbons (Fsp3) is 0.190. The van der Waals surface area contributed by atoms with E-state index in [0.717, 1.165) is 11.4 Å². The molecule has 0 bridgehead atoms. The van der Waals surface area contributed by atoms with Gasteiger partial charge in [-0.25, -0.2) is 9.48 Å². The molecule has 1 amide bonds. The molecular formula is C21H21N3O3. The first-order valence-corrected chi connectivity index (χ1v) is 8.55. The van der Waals surface area contributed by atoms with E-state index in [0.29, 0.717) is 11.1 Å². The van der Waals surface area contributed by atoms with E-state index in [1.165, 1.54) is 4.90 Å². The predicted molar refractivity (Wildman–Crippen MR) is 102 cm³/mol. The summed E-state index contributed by atoms with van der Waals surface area (Å²) in [6.45, 7) is 1.95. The molecule has 0 fully saturated rings. The van der Waals surface area contributed by atoms with Gasteiger partial charge in [-0.05, 0) is 37.3 Å². The van der Waals surface area contributed by atoms with Crippen molar-refractivity contribution < 1.29 is 14.3 Å². The normalized spacial score (nSPS) is 11.7. The molecule has 1 heterocycles. The smallest absolute Gasteiger partial charge is 0.339 e. The molecular weight excluding hydrogens is 342 g/mol. The van der Waals surface area contributed by atoms with Gasteiger partial charge in [0.25, 0.3) is 5.91 Å². The number of carbonyl (C=O) groups is 2. The van der Waals surface area contributed by atoms with Crippen LogP contribution in [0.25, 0.3) is 5.69 Å². The maximum atomic E-state index is 12.6. The van der Waals surface area contributed by atoms with Crippen LogP contribution in [-0.2, 0) is 9.53 Å². The summed E-state index contributed by atoms with van der Waals surface area (Å²) in [5, 5.41) is 4.24. The molecule has 0 N–H and O–H groups in total. The first kappa shape index (κ1) is 18.4. The Bertz CT molecular complexity index is 931. The Morgan fingerprint density at radius 3 is 2.22 bits per heavy atom. The standard InChI is InChI=1S/C21H21N3O3/c1-15-13-14-22-24(15)18-11-9-17(10-12-18)21(26)27-19(20(25)23(2)3)16-7-5-4-6-8-16/h4-14,19H,1-3H3/t19-/m0/s1. The number of aromatic nitrogens is 2. The third-order valence-electron chi connectivity index (χ3n) is 4.17. The van der Waals surface area contributed by atoms with Crippen LogP contribution in [0.4, 0.5) is 0 Å². The number of hydrogen-bond acceptors (Lipinski definition) is 4. The van der Waals surface area contributed by atoms with Gasteiger partial charge in [0.05, 0.1) is 11.3 Å². The largest absolute Gasteiger partial charge is 0.444 e. The van der Waals surface area contributed by atoms with Crippen LogP contribution >= 0.6 is 0 Å². The highest BCUT2D eigenvalue weighted by atomic mass is 16.5. The number of benzene rings is 2. The van der Waals surface area contributed by atoms with Crippen LogP contribution in [0, 0.1) is 6.92 Å². The number of amides is 1. The Morgan fingerprint density at radius 1 is 1.00 bits per heavy atom. The minimum absolute atomic E-state index is 0.293. The number of likely N-dealkylation sites (N-methyl/N-ethyl adjacent to an activating group) is 1. The fourth-order valence-corrected chi connectivity index (χ4v) is 2.68. The highest BCUT2D eigenvalue weighted by Crippen LogP contribution is 2.22. The third kappa shape index (κ3) is 4.06. The summed E-state index contributed by atoms with van der Waals surface area (Å²) in [5.74, 6) is -0.846. The maximum Gasteiger partial charge on any atom is 0.339 e. The van der Waals surface area contributed by atoms with E-state index in [1.54, 1.807) is 73.5 Å². The van der Waals surface area contributed by atoms with Gasteiger partial charge in [-0.2, -0.15) is 5.10 Å². The molecule has 0 spiro atoms. The summed E-state index contributed by atoms with van der Waals surface area (Å²) >= 11 is 0. The Hall–Kier alpha value is -3.41. The molecule has 0 unspecified atom stereocenters. The Labute approximate surface area is 158 Å². The van der Waals surface area contributed by atoms with Gasteiger partial charge in [0, 0.05) is 31.5 Å². The first-order chi connectivity index (χ1) is 13.0. The monoisotopic (exact) mass is 363 g/mol. The summed E-state index contributed by atoms with van der Waals surface area (Å²) in [7, 11) is 3.26. The molecule has 1 atom stereocenters. The lowest BCUT2D eigenvalue weighted by Gasteiger charge is -2.21. The Morgan fingerprint density at radius 2 is 1.67 bits per heavy atom. The third-order valence-corrected chi connectivity index (χ3v) is 4.17. The zero-order valence-electron chi connectivity index (χ0n) is 15.5. The second-order valence-electron chi connectivity index (χ2n) is 6.36. The van der Waals surface area contributed by atoms with Gasteiger partial charge < -0.3 is 9.64 Å². The first-order valence-electron chi connectivity index (χ1n) is 8.55. The van der Waals surface area contributed by atoms with Crippen molar-refractivity contribution in [1.29, 1.82) is 0 Å². The summed E-state index contributed by atoms with van der Waals surface area (Å²) in [4.78, 5) is 26.5. The fourth-order valence-electron chi connectivity index (χ4n) is 2.68. The van der Waals surface area contributed by atoms with Crippen molar-refractivity contribution in [2.75, 3.05) is 14.1 Å². The number of nitrogens with zero attached hydrogens (tertiary/aromatic N) is 3. The van der Waals surface area contributed by atoms with Gasteiger partial charge in [-0.3, -0.25) is 4.79 Å². The summed E-state index contributed by atoms with van der Waals surface area (Å²) in [6.07, 6.45) is 0.733. The number of esters is 1. The molecule has 138 valence electrons. The molecule has 3 aromatic rings. The highest BCUT2D eigenvalue weighted by Gasteiger charge is 2.27. The summed E-state index contributed by atoms with van der Waals surface area (Å²) in [5.41, 5.74) is 2.84. The van der Waals surface area contributed by atoms with Gasteiger partial charge >= 0.3 is 5.97 Å². The minimum Gasteiger partial charge on any atom is -0.444 e. The van der Waals surface area contributed by atoms with Gasteiger partial charge in [0.1, 0.15) is 0 Å². The average Bonchev–Trinajstić information content (AvgIpc) is 3.12. The second-order valence-corrected chi connectivity index (χ2v) is 6.36. The number of aryl methyl sites for hydroxylation is 1. The van der Waals surface area contributed by atoms with Crippen molar-refractivity contribution in [2.24, 2.45) is 0 Å². The van der Waals surface area contributed by atoms with Gasteiger partial charge in [-0.15, -0.1) is 0 Å². The SMILES string of the molecule is Cc1ccnn1-c1ccc(C(=O)O[C@H](C(=O)N(C)C)c2ccccc2)cc1. The van der Waals surface area contributed by atoms with Crippen LogP contribution in [0.1, 0.15) is 27.7 Å². The molecule has 0 radical (unpaired) electrons. The van der Waals surface area contributed by atoms with Crippen LogP contribution in [-0.4, -0.2) is 40.7 Å². The Kier molecular flexibility index (Phi) is 5.35. The molecule has 0 saturated carbocycles. The molecule has 3 rings (SSSR count). The van der Waals surface area contributed by atoms with E-state index in [-0.39, 0.29) is 5.91 Å². The molecule has 6 nitrogen and oxygen atoms in total. The van der Waals surface area contributed by atoms with Crippen molar-refractivity contribution in [2.45, 2.75) is 13.0 Å². The van der Waals surface area contributed by atoms with E-state index >= 15 is 0 Å². The van der Waals surface area contributed by atoms with Crippen LogP contribution in [0.2, 0.25) is 0 Å². The quantitative estimate of drug-likeness (QED) is 0.653. The van der Waals surface area contributed by atoms with E-state index in [4.69, 9.17) is 4.74 Å². The second kappa shape index (κ2) is 7.86. The lowest BCUT2D eigenvalue weighted by atomic mass is 10.1. The van der Waals surface area contributed by atoms with Gasteiger partial charge in [0.15, 0.2) is 0 Å². The molecule has 2 aromatic carbocycles. The van der Waals surface area contributed by atoms with Crippen LogP contribution < -0.4 is 0 Å². The van der Waals surface area contributed by atoms with E-state index in [1.807, 2.05) is 19.1 Å². The van der Waals surface area contributed by atoms with Crippen molar-refractivity contribution in [3.63, 3.8) is 0 Å². The molecule has 27 heavy (non-hydrogen) atoms. The number of rotatable bonds is 5. The lowest BCUT2D eigenvalue weighted by Crippen LogP contribution is -2.31. The zero-order valence-corrected chi connectivity index (χ0v) is 15.5. The molecule has 1 aromatic heterocycles. The highest BCUT2D eigenvalue weighted by molar-refractivity contribution is 5.92. The molecule has 0 aliphatic heterocycles. The topological polar surface area (TPSA) is 64.4 Å². The van der Waals surface area contributed by atoms with Crippen LogP contribution in [0.3, 0.4) is 0 Å². The van der Waals surface area contributed by atoms with Gasteiger partial charge in [0.2, 0.25) is 6.10 Å². The Balaban J connectivity index is 1.81. The van der Waals surface area contributed by atoms with Crippen molar-refractivity contribution in [3.8, 4) is 5.69 Å². The molecule has 0 aliphatic carbocycles. The minimum atomic E-state index is -0.985. The number of ether oxygens (including phenoxy) is 1. The van der Waals surface area contributed by atoms with Crippen molar-refractivity contribution >= 4 is 11.9 Å². The molecule has 0 saturated heterocycles. The summed E-state index contributed by atoms with van der Waals surface area (Å²) < 4.78 is 7.32. The van der Waals surface area contributed by atoms with Crippen LogP contribution in [0.15, 0.2) is 66.9 Å². The predicted octanol–water partition coefficient (Wildman–Crippen LogP) is 3.17. The average molecular weight is 363 g/mol. The summed E-state index contributed by atoms with van der Waals surface area (Å²) in [6, 6.07) is 17.8. The van der Waals surface area contributed by atoms with Crippen molar-refractivity contribution in [1.82, 2.24) is 14.7 Å².